The summed E-state index contributed by atoms with van der Waals surface area (Å²) < 4.78 is 3.33. The fourth-order valence-corrected chi connectivity index (χ4v) is 1.16. The molecule has 13 heavy (non-hydrogen) atoms. The zero-order valence-corrected chi connectivity index (χ0v) is 9.11. The van der Waals surface area contributed by atoms with Gasteiger partial charge in [-0.05, 0) is 12.0 Å². The van der Waals surface area contributed by atoms with Gasteiger partial charge < -0.3 is 4.74 Å². The summed E-state index contributed by atoms with van der Waals surface area (Å²) in [6, 6.07) is 9.89. The van der Waals surface area contributed by atoms with Crippen LogP contribution in [-0.4, -0.2) is 10.6 Å². The van der Waals surface area contributed by atoms with Gasteiger partial charge >= 0.3 is 0 Å². The Hall–Kier alpha value is 0.0500. The summed E-state index contributed by atoms with van der Waals surface area (Å²) in [5.74, 6) is 0. The van der Waals surface area contributed by atoms with Crippen LogP contribution in [0, 0.1) is 0 Å². The Balaban J connectivity index is 2.29. The Labute approximate surface area is 92.5 Å². The van der Waals surface area contributed by atoms with Gasteiger partial charge in [0.2, 0.25) is 0 Å². The van der Waals surface area contributed by atoms with Gasteiger partial charge in [-0.3, -0.25) is 0 Å². The highest BCUT2D eigenvalue weighted by Crippen LogP contribution is 2.27. The lowest BCUT2D eigenvalue weighted by atomic mass is 10.2. The van der Waals surface area contributed by atoms with Gasteiger partial charge in [0.25, 0.3) is 3.98 Å². The smallest absolute Gasteiger partial charge is 0.297 e. The summed E-state index contributed by atoms with van der Waals surface area (Å²) in [5, 5.41) is 0. The summed E-state index contributed by atoms with van der Waals surface area (Å²) in [6.45, 7) is 0.403. The minimum atomic E-state index is -1.60. The van der Waals surface area contributed by atoms with Crippen LogP contribution in [0.25, 0.3) is 0 Å². The molecule has 1 rings (SSSR count). The van der Waals surface area contributed by atoms with Gasteiger partial charge in [0.05, 0.1) is 6.61 Å². The van der Waals surface area contributed by atoms with Crippen molar-refractivity contribution in [1.82, 2.24) is 0 Å². The van der Waals surface area contributed by atoms with E-state index in [1.54, 1.807) is 0 Å². The minimum Gasteiger partial charge on any atom is -0.334 e. The molecule has 0 atom stereocenters. The number of rotatable bonds is 3. The number of hydrogen-bond donors (Lipinski definition) is 0. The van der Waals surface area contributed by atoms with Gasteiger partial charge in [-0.15, -0.1) is 0 Å². The van der Waals surface area contributed by atoms with Crippen LogP contribution in [0.3, 0.4) is 0 Å². The van der Waals surface area contributed by atoms with Crippen LogP contribution < -0.4 is 0 Å². The molecule has 0 saturated heterocycles. The summed E-state index contributed by atoms with van der Waals surface area (Å²) in [6.07, 6.45) is 0.745. The first-order valence-corrected chi connectivity index (χ1v) is 4.96. The van der Waals surface area contributed by atoms with Crippen LogP contribution in [0.2, 0.25) is 0 Å². The van der Waals surface area contributed by atoms with Crippen LogP contribution in [-0.2, 0) is 11.2 Å². The fraction of sp³-hybridized carbons (Fsp3) is 0.333. The van der Waals surface area contributed by atoms with E-state index in [-0.39, 0.29) is 0 Å². The quantitative estimate of drug-likeness (QED) is 0.733. The molecule has 4 heteroatoms. The fourth-order valence-electron chi connectivity index (χ4n) is 0.929. The summed E-state index contributed by atoms with van der Waals surface area (Å²) in [7, 11) is 0. The maximum atomic E-state index is 5.41. The highest BCUT2D eigenvalue weighted by atomic mass is 35.6. The SMILES string of the molecule is ClC(Cl)(Cl)OCCc1ccccc1. The zero-order valence-electron chi connectivity index (χ0n) is 6.84. The molecule has 0 radical (unpaired) electrons. The standard InChI is InChI=1S/C9H9Cl3O/c10-9(11,12)13-7-6-8-4-2-1-3-5-8/h1-5H,6-7H2. The second-order valence-electron chi connectivity index (χ2n) is 2.53. The average molecular weight is 240 g/mol. The minimum absolute atomic E-state index is 0.403. The van der Waals surface area contributed by atoms with Crippen molar-refractivity contribution in [2.24, 2.45) is 0 Å². The van der Waals surface area contributed by atoms with Crippen molar-refractivity contribution in [1.29, 1.82) is 0 Å². The predicted molar refractivity (Wildman–Crippen MR) is 56.4 cm³/mol. The molecule has 0 aliphatic heterocycles. The molecule has 0 saturated carbocycles. The molecule has 0 spiro atoms. The second-order valence-corrected chi connectivity index (χ2v) is 4.71. The molecule has 0 unspecified atom stereocenters. The monoisotopic (exact) mass is 238 g/mol. The summed E-state index contributed by atoms with van der Waals surface area (Å²) in [4.78, 5) is 0. The van der Waals surface area contributed by atoms with Crippen LogP contribution >= 0.6 is 34.8 Å². The molecule has 72 valence electrons. The Morgan fingerprint density at radius 2 is 1.69 bits per heavy atom. The molecular formula is C9H9Cl3O. The number of halogens is 3. The molecule has 0 aliphatic carbocycles. The van der Waals surface area contributed by atoms with Crippen LogP contribution in [0.15, 0.2) is 30.3 Å². The van der Waals surface area contributed by atoms with Crippen molar-refractivity contribution in [2.75, 3.05) is 6.61 Å². The number of benzene rings is 1. The zero-order chi connectivity index (χ0) is 9.73. The predicted octanol–water partition coefficient (Wildman–Crippen LogP) is 3.57. The summed E-state index contributed by atoms with van der Waals surface area (Å²) >= 11 is 16.2. The molecule has 0 aromatic heterocycles. The average Bonchev–Trinajstić information content (AvgIpc) is 2.04. The van der Waals surface area contributed by atoms with Gasteiger partial charge in [0.15, 0.2) is 0 Å². The topological polar surface area (TPSA) is 9.23 Å². The molecule has 0 aliphatic rings. The number of ether oxygens (including phenoxy) is 1. The van der Waals surface area contributed by atoms with E-state index in [0.717, 1.165) is 12.0 Å². The molecule has 0 bridgehead atoms. The molecule has 1 nitrogen and oxygen atoms in total. The van der Waals surface area contributed by atoms with Gasteiger partial charge in [-0.25, -0.2) is 0 Å². The normalized spacial score (nSPS) is 11.6. The van der Waals surface area contributed by atoms with Crippen molar-refractivity contribution < 1.29 is 4.74 Å². The van der Waals surface area contributed by atoms with Crippen LogP contribution in [0.5, 0.6) is 0 Å². The molecule has 1 aromatic carbocycles. The lowest BCUT2D eigenvalue weighted by Gasteiger charge is -2.11. The molecule has 0 N–H and O–H groups in total. The Morgan fingerprint density at radius 3 is 2.23 bits per heavy atom. The van der Waals surface area contributed by atoms with E-state index >= 15 is 0 Å². The first kappa shape index (κ1) is 11.1. The van der Waals surface area contributed by atoms with E-state index < -0.39 is 3.98 Å². The second kappa shape index (κ2) is 5.06. The van der Waals surface area contributed by atoms with E-state index in [0.29, 0.717) is 6.61 Å². The lowest BCUT2D eigenvalue weighted by molar-refractivity contribution is 0.133. The Kier molecular flexibility index (Phi) is 4.33. The number of hydrogen-bond acceptors (Lipinski definition) is 1. The molecule has 0 amide bonds. The number of alkyl halides is 3. The van der Waals surface area contributed by atoms with Crippen molar-refractivity contribution in [3.05, 3.63) is 35.9 Å². The van der Waals surface area contributed by atoms with Crippen LogP contribution in [0.1, 0.15) is 5.56 Å². The first-order chi connectivity index (χ1) is 6.08. The van der Waals surface area contributed by atoms with E-state index in [9.17, 15) is 0 Å². The largest absolute Gasteiger partial charge is 0.334 e. The van der Waals surface area contributed by atoms with E-state index in [4.69, 9.17) is 39.5 Å². The molecule has 0 heterocycles. The third kappa shape index (κ3) is 5.37. The van der Waals surface area contributed by atoms with E-state index in [2.05, 4.69) is 0 Å². The Bertz CT molecular complexity index is 243. The third-order valence-electron chi connectivity index (χ3n) is 1.50. The van der Waals surface area contributed by atoms with Crippen molar-refractivity contribution in [3.63, 3.8) is 0 Å². The van der Waals surface area contributed by atoms with Gasteiger partial charge in [-0.2, -0.15) is 0 Å². The molecule has 0 fully saturated rings. The Morgan fingerprint density at radius 1 is 1.08 bits per heavy atom. The van der Waals surface area contributed by atoms with Crippen molar-refractivity contribution in [3.8, 4) is 0 Å². The van der Waals surface area contributed by atoms with Gasteiger partial charge in [-0.1, -0.05) is 65.1 Å². The van der Waals surface area contributed by atoms with Crippen LogP contribution in [0.4, 0.5) is 0 Å². The molecule has 1 aromatic rings. The summed E-state index contributed by atoms with van der Waals surface area (Å²) in [5.41, 5.74) is 1.16. The van der Waals surface area contributed by atoms with Gasteiger partial charge in [0.1, 0.15) is 0 Å². The van der Waals surface area contributed by atoms with Gasteiger partial charge in [0, 0.05) is 0 Å². The highest BCUT2D eigenvalue weighted by Gasteiger charge is 2.19. The van der Waals surface area contributed by atoms with E-state index in [1.807, 2.05) is 30.3 Å². The van der Waals surface area contributed by atoms with Crippen molar-refractivity contribution >= 4 is 34.8 Å². The third-order valence-corrected chi connectivity index (χ3v) is 1.83. The maximum absolute atomic E-state index is 5.41. The molecular weight excluding hydrogens is 230 g/mol. The first-order valence-electron chi connectivity index (χ1n) is 3.82. The maximum Gasteiger partial charge on any atom is 0.297 e. The van der Waals surface area contributed by atoms with Crippen molar-refractivity contribution in [2.45, 2.75) is 10.4 Å². The lowest BCUT2D eigenvalue weighted by Crippen LogP contribution is -2.11. The highest BCUT2D eigenvalue weighted by molar-refractivity contribution is 6.66. The van der Waals surface area contributed by atoms with E-state index in [1.165, 1.54) is 0 Å².